The van der Waals surface area contributed by atoms with Crippen LogP contribution in [-0.4, -0.2) is 5.78 Å². The molecule has 6 atom stereocenters. The summed E-state index contributed by atoms with van der Waals surface area (Å²) < 4.78 is 0. The summed E-state index contributed by atoms with van der Waals surface area (Å²) in [5, 5.41) is 2.11. The van der Waals surface area contributed by atoms with Crippen molar-refractivity contribution in [2.75, 3.05) is 0 Å². The predicted octanol–water partition coefficient (Wildman–Crippen LogP) is 6.74. The second-order valence-electron chi connectivity index (χ2n) is 10.1. The molecule has 0 saturated heterocycles. The standard InChI is InChI=1S/C24H32OS/c1-23-11-4-3-6-17(23)8-9-19-20(23)10-12-24(2)21(19)15-16(22(24)25)14-18-7-5-13-26-18/h5,7,13-14,17,19-21H,3-4,6,8-12,15H2,1-2H3/b16-14-/t17-,19-,20+,21+,23+,24+/m1/s1. The largest absolute Gasteiger partial charge is 0.294 e. The molecule has 1 aromatic rings. The number of thiophene rings is 1. The number of fused-ring (bicyclic) bond motifs is 5. The molecule has 0 aliphatic heterocycles. The van der Waals surface area contributed by atoms with Gasteiger partial charge in [0.1, 0.15) is 0 Å². The summed E-state index contributed by atoms with van der Waals surface area (Å²) in [4.78, 5) is 14.6. The van der Waals surface area contributed by atoms with E-state index in [4.69, 9.17) is 0 Å². The molecule has 26 heavy (non-hydrogen) atoms. The van der Waals surface area contributed by atoms with Gasteiger partial charge in [0, 0.05) is 10.3 Å². The first-order valence-electron chi connectivity index (χ1n) is 10.8. The maximum absolute atomic E-state index is 13.4. The Morgan fingerprint density at radius 3 is 2.77 bits per heavy atom. The molecule has 5 rings (SSSR count). The number of carbonyl (C=O) groups excluding carboxylic acids is 1. The Hall–Kier alpha value is -0.890. The molecule has 0 N–H and O–H groups in total. The highest BCUT2D eigenvalue weighted by atomic mass is 32.1. The molecule has 0 amide bonds. The van der Waals surface area contributed by atoms with E-state index >= 15 is 0 Å². The van der Waals surface area contributed by atoms with Crippen molar-refractivity contribution >= 4 is 23.2 Å². The number of carbonyl (C=O) groups is 1. The van der Waals surface area contributed by atoms with Crippen LogP contribution in [0.3, 0.4) is 0 Å². The lowest BCUT2D eigenvalue weighted by Crippen LogP contribution is -2.52. The summed E-state index contributed by atoms with van der Waals surface area (Å²) in [5.74, 6) is 3.69. The number of allylic oxidation sites excluding steroid dienone is 1. The van der Waals surface area contributed by atoms with Gasteiger partial charge in [-0.05, 0) is 97.1 Å². The zero-order valence-corrected chi connectivity index (χ0v) is 17.1. The minimum atomic E-state index is -0.0812. The van der Waals surface area contributed by atoms with Crippen LogP contribution in [0.15, 0.2) is 23.1 Å². The molecular weight excluding hydrogens is 336 g/mol. The fourth-order valence-corrected chi connectivity index (χ4v) is 8.32. The molecule has 4 saturated carbocycles. The number of ketones is 1. The van der Waals surface area contributed by atoms with Crippen molar-refractivity contribution < 1.29 is 4.79 Å². The molecule has 2 heteroatoms. The lowest BCUT2D eigenvalue weighted by molar-refractivity contribution is -0.137. The summed E-state index contributed by atoms with van der Waals surface area (Å²) in [6, 6.07) is 4.23. The summed E-state index contributed by atoms with van der Waals surface area (Å²) in [5.41, 5.74) is 1.60. The number of hydrogen-bond donors (Lipinski definition) is 0. The highest BCUT2D eigenvalue weighted by molar-refractivity contribution is 7.10. The van der Waals surface area contributed by atoms with Crippen molar-refractivity contribution in [3.05, 3.63) is 28.0 Å². The fraction of sp³-hybridized carbons (Fsp3) is 0.708. The van der Waals surface area contributed by atoms with Gasteiger partial charge in [-0.25, -0.2) is 0 Å². The van der Waals surface area contributed by atoms with E-state index in [0.717, 1.165) is 36.2 Å². The van der Waals surface area contributed by atoms with Crippen molar-refractivity contribution in [3.63, 3.8) is 0 Å². The Morgan fingerprint density at radius 1 is 1.08 bits per heavy atom. The molecule has 1 heterocycles. The number of rotatable bonds is 1. The molecule has 0 aromatic carbocycles. The van der Waals surface area contributed by atoms with Crippen molar-refractivity contribution in [1.82, 2.24) is 0 Å². The van der Waals surface area contributed by atoms with Crippen molar-refractivity contribution in [1.29, 1.82) is 0 Å². The van der Waals surface area contributed by atoms with Gasteiger partial charge >= 0.3 is 0 Å². The van der Waals surface area contributed by atoms with Crippen LogP contribution in [-0.2, 0) is 4.79 Å². The van der Waals surface area contributed by atoms with Crippen molar-refractivity contribution in [2.45, 2.75) is 71.6 Å². The first kappa shape index (κ1) is 17.2. The molecule has 0 radical (unpaired) electrons. The van der Waals surface area contributed by atoms with E-state index in [1.807, 2.05) is 0 Å². The van der Waals surface area contributed by atoms with Crippen LogP contribution in [0.4, 0.5) is 0 Å². The van der Waals surface area contributed by atoms with Crippen LogP contribution < -0.4 is 0 Å². The van der Waals surface area contributed by atoms with Crippen LogP contribution in [0.2, 0.25) is 0 Å². The van der Waals surface area contributed by atoms with E-state index in [2.05, 4.69) is 37.4 Å². The van der Waals surface area contributed by atoms with E-state index in [1.165, 1.54) is 49.8 Å². The molecule has 0 unspecified atom stereocenters. The maximum atomic E-state index is 13.4. The minimum Gasteiger partial charge on any atom is -0.294 e. The molecule has 0 bridgehead atoms. The minimum absolute atomic E-state index is 0.0812. The fourth-order valence-electron chi connectivity index (χ4n) is 7.64. The monoisotopic (exact) mass is 368 g/mol. The Balaban J connectivity index is 1.47. The molecular formula is C24H32OS. The summed E-state index contributed by atoms with van der Waals surface area (Å²) in [7, 11) is 0. The third kappa shape index (κ3) is 2.37. The van der Waals surface area contributed by atoms with Gasteiger partial charge in [-0.3, -0.25) is 4.79 Å². The Bertz CT molecular complexity index is 731. The molecule has 4 fully saturated rings. The van der Waals surface area contributed by atoms with Crippen LogP contribution in [0.5, 0.6) is 0 Å². The van der Waals surface area contributed by atoms with E-state index in [1.54, 1.807) is 11.3 Å². The summed E-state index contributed by atoms with van der Waals surface area (Å²) >= 11 is 1.75. The molecule has 1 aromatic heterocycles. The average molecular weight is 369 g/mol. The smallest absolute Gasteiger partial charge is 0.165 e. The highest BCUT2D eigenvalue weighted by Crippen LogP contribution is 2.66. The summed E-state index contributed by atoms with van der Waals surface area (Å²) in [6.45, 7) is 4.93. The van der Waals surface area contributed by atoms with Crippen LogP contribution >= 0.6 is 11.3 Å². The quantitative estimate of drug-likeness (QED) is 0.501. The predicted molar refractivity (Wildman–Crippen MR) is 109 cm³/mol. The Morgan fingerprint density at radius 2 is 1.96 bits per heavy atom. The second-order valence-corrected chi connectivity index (χ2v) is 11.1. The SMILES string of the molecule is C[C@]12CCCC[C@@H]1CC[C@@H]1[C@@H]2CC[C@]2(C)C(=O)/C(=C\c3cccs3)C[C@@H]12. The first-order chi connectivity index (χ1) is 12.5. The topological polar surface area (TPSA) is 17.1 Å². The zero-order chi connectivity index (χ0) is 17.9. The highest BCUT2D eigenvalue weighted by Gasteiger charge is 2.60. The molecule has 140 valence electrons. The van der Waals surface area contributed by atoms with E-state index < -0.39 is 0 Å². The lowest BCUT2D eigenvalue weighted by atomic mass is 9.45. The van der Waals surface area contributed by atoms with Gasteiger partial charge in [0.25, 0.3) is 0 Å². The van der Waals surface area contributed by atoms with Crippen LogP contribution in [0.25, 0.3) is 6.08 Å². The first-order valence-corrected chi connectivity index (χ1v) is 11.7. The summed E-state index contributed by atoms with van der Waals surface area (Å²) in [6.07, 6.45) is 14.2. The Kier molecular flexibility index (Phi) is 4.01. The molecule has 0 spiro atoms. The maximum Gasteiger partial charge on any atom is 0.165 e. The second kappa shape index (κ2) is 6.06. The van der Waals surface area contributed by atoms with Gasteiger partial charge in [-0.15, -0.1) is 11.3 Å². The third-order valence-corrected chi connectivity index (χ3v) is 9.90. The van der Waals surface area contributed by atoms with E-state index in [9.17, 15) is 4.79 Å². The number of Topliss-reactive ketones (excluding diaryl/α,β-unsaturated/α-hetero) is 1. The van der Waals surface area contributed by atoms with E-state index in [0.29, 0.717) is 17.1 Å². The molecule has 4 aliphatic rings. The lowest BCUT2D eigenvalue weighted by Gasteiger charge is -2.59. The van der Waals surface area contributed by atoms with Crippen molar-refractivity contribution in [2.24, 2.45) is 34.5 Å². The van der Waals surface area contributed by atoms with Gasteiger partial charge in [0.15, 0.2) is 5.78 Å². The normalized spacial score (nSPS) is 46.7. The molecule has 1 nitrogen and oxygen atoms in total. The zero-order valence-electron chi connectivity index (χ0n) is 16.3. The van der Waals surface area contributed by atoms with Gasteiger partial charge in [0.2, 0.25) is 0 Å². The average Bonchev–Trinajstić information content (AvgIpc) is 3.23. The van der Waals surface area contributed by atoms with Gasteiger partial charge in [0.05, 0.1) is 0 Å². The third-order valence-electron chi connectivity index (χ3n) is 9.08. The van der Waals surface area contributed by atoms with Crippen molar-refractivity contribution in [3.8, 4) is 0 Å². The van der Waals surface area contributed by atoms with Crippen LogP contribution in [0, 0.1) is 34.5 Å². The van der Waals surface area contributed by atoms with Crippen LogP contribution in [0.1, 0.15) is 76.5 Å². The van der Waals surface area contributed by atoms with Gasteiger partial charge < -0.3 is 0 Å². The van der Waals surface area contributed by atoms with Gasteiger partial charge in [-0.2, -0.15) is 0 Å². The molecule has 4 aliphatic carbocycles. The number of hydrogen-bond acceptors (Lipinski definition) is 2. The Labute approximate surface area is 162 Å². The van der Waals surface area contributed by atoms with Gasteiger partial charge in [-0.1, -0.05) is 32.8 Å². The van der Waals surface area contributed by atoms with E-state index in [-0.39, 0.29) is 5.41 Å².